The van der Waals surface area contributed by atoms with Gasteiger partial charge in [0, 0.05) is 12.0 Å². The molecule has 1 rings (SSSR count). The SMILES string of the molecule is C#CCC(C)c1cocc(O)c1=O. The lowest BCUT2D eigenvalue weighted by atomic mass is 10.0. The van der Waals surface area contributed by atoms with Crippen LogP contribution >= 0.6 is 0 Å². The molecule has 68 valence electrons. The first-order valence-corrected chi connectivity index (χ1v) is 3.89. The quantitative estimate of drug-likeness (QED) is 0.697. The van der Waals surface area contributed by atoms with E-state index in [1.54, 1.807) is 0 Å². The van der Waals surface area contributed by atoms with Crippen LogP contribution in [0.2, 0.25) is 0 Å². The Hall–Kier alpha value is -1.69. The van der Waals surface area contributed by atoms with Gasteiger partial charge in [-0.05, 0) is 5.92 Å². The predicted molar refractivity (Wildman–Crippen MR) is 48.5 cm³/mol. The minimum Gasteiger partial charge on any atom is -0.502 e. The summed E-state index contributed by atoms with van der Waals surface area (Å²) in [5.74, 6) is 1.99. The average Bonchev–Trinajstić information content (AvgIpc) is 2.10. The van der Waals surface area contributed by atoms with Crippen LogP contribution in [0.5, 0.6) is 5.75 Å². The van der Waals surface area contributed by atoms with E-state index in [1.807, 2.05) is 6.92 Å². The standard InChI is InChI=1S/C10H10O3/c1-3-4-7(2)8-5-13-6-9(11)10(8)12/h1,5-7,11H,4H2,2H3. The molecule has 0 bridgehead atoms. The van der Waals surface area contributed by atoms with Crippen molar-refractivity contribution in [2.75, 3.05) is 0 Å². The van der Waals surface area contributed by atoms with Gasteiger partial charge in [-0.2, -0.15) is 0 Å². The molecule has 13 heavy (non-hydrogen) atoms. The molecule has 0 aromatic carbocycles. The monoisotopic (exact) mass is 178 g/mol. The van der Waals surface area contributed by atoms with E-state index in [0.717, 1.165) is 6.26 Å². The Morgan fingerprint density at radius 2 is 2.38 bits per heavy atom. The van der Waals surface area contributed by atoms with Gasteiger partial charge in [-0.15, -0.1) is 12.3 Å². The van der Waals surface area contributed by atoms with Crippen molar-refractivity contribution in [3.8, 4) is 18.1 Å². The summed E-state index contributed by atoms with van der Waals surface area (Å²) in [4.78, 5) is 11.3. The van der Waals surface area contributed by atoms with Crippen LogP contribution in [-0.4, -0.2) is 5.11 Å². The van der Waals surface area contributed by atoms with Gasteiger partial charge in [-0.1, -0.05) is 6.92 Å². The molecule has 0 saturated heterocycles. The zero-order valence-electron chi connectivity index (χ0n) is 7.28. The van der Waals surface area contributed by atoms with Crippen LogP contribution in [0, 0.1) is 12.3 Å². The van der Waals surface area contributed by atoms with Gasteiger partial charge in [0.15, 0.2) is 5.75 Å². The highest BCUT2D eigenvalue weighted by atomic mass is 16.3. The fourth-order valence-electron chi connectivity index (χ4n) is 1.05. The Morgan fingerprint density at radius 3 is 3.00 bits per heavy atom. The molecule has 3 heteroatoms. The first-order chi connectivity index (χ1) is 6.16. The van der Waals surface area contributed by atoms with Gasteiger partial charge in [0.2, 0.25) is 5.43 Å². The number of rotatable bonds is 2. The number of hydrogen-bond donors (Lipinski definition) is 1. The van der Waals surface area contributed by atoms with Gasteiger partial charge in [-0.25, -0.2) is 0 Å². The molecule has 0 saturated carbocycles. The second kappa shape index (κ2) is 3.81. The lowest BCUT2D eigenvalue weighted by Crippen LogP contribution is -2.10. The zero-order chi connectivity index (χ0) is 9.84. The Morgan fingerprint density at radius 1 is 1.69 bits per heavy atom. The Kier molecular flexibility index (Phi) is 2.76. The van der Waals surface area contributed by atoms with Crippen LogP contribution in [0.25, 0.3) is 0 Å². The highest BCUT2D eigenvalue weighted by Gasteiger charge is 2.11. The van der Waals surface area contributed by atoms with E-state index in [4.69, 9.17) is 15.9 Å². The Bertz CT molecular complexity index is 384. The summed E-state index contributed by atoms with van der Waals surface area (Å²) < 4.78 is 4.77. The van der Waals surface area contributed by atoms with E-state index in [9.17, 15) is 4.79 Å². The van der Waals surface area contributed by atoms with E-state index < -0.39 is 5.43 Å². The van der Waals surface area contributed by atoms with E-state index >= 15 is 0 Å². The molecule has 1 aromatic rings. The molecule has 0 aliphatic rings. The highest BCUT2D eigenvalue weighted by molar-refractivity contribution is 5.24. The highest BCUT2D eigenvalue weighted by Crippen LogP contribution is 2.16. The first-order valence-electron chi connectivity index (χ1n) is 3.89. The molecular weight excluding hydrogens is 168 g/mol. The Balaban J connectivity index is 3.10. The van der Waals surface area contributed by atoms with E-state index in [2.05, 4.69) is 5.92 Å². The van der Waals surface area contributed by atoms with Crippen LogP contribution in [0.4, 0.5) is 0 Å². The van der Waals surface area contributed by atoms with Crippen LogP contribution in [0.1, 0.15) is 24.8 Å². The molecule has 0 aliphatic carbocycles. The molecule has 0 spiro atoms. The van der Waals surface area contributed by atoms with Crippen molar-refractivity contribution in [2.24, 2.45) is 0 Å². The summed E-state index contributed by atoms with van der Waals surface area (Å²) in [6, 6.07) is 0. The van der Waals surface area contributed by atoms with Crippen molar-refractivity contribution >= 4 is 0 Å². The molecular formula is C10H10O3. The lowest BCUT2D eigenvalue weighted by Gasteiger charge is -2.05. The minimum absolute atomic E-state index is 0.0895. The molecule has 1 heterocycles. The molecule has 1 N–H and O–H groups in total. The van der Waals surface area contributed by atoms with Gasteiger partial charge in [0.25, 0.3) is 0 Å². The fraction of sp³-hybridized carbons (Fsp3) is 0.300. The molecule has 1 unspecified atom stereocenters. The molecule has 1 aromatic heterocycles. The van der Waals surface area contributed by atoms with Gasteiger partial charge in [-0.3, -0.25) is 4.79 Å². The predicted octanol–water partition coefficient (Wildman–Crippen LogP) is 1.47. The summed E-state index contributed by atoms with van der Waals surface area (Å²) in [6.45, 7) is 1.81. The number of terminal acetylenes is 1. The third-order valence-electron chi connectivity index (χ3n) is 1.82. The van der Waals surface area contributed by atoms with Crippen molar-refractivity contribution in [1.29, 1.82) is 0 Å². The number of aromatic hydroxyl groups is 1. The Labute approximate surface area is 76.0 Å². The van der Waals surface area contributed by atoms with Crippen molar-refractivity contribution in [3.63, 3.8) is 0 Å². The van der Waals surface area contributed by atoms with Crippen molar-refractivity contribution < 1.29 is 9.52 Å². The fourth-order valence-corrected chi connectivity index (χ4v) is 1.05. The topological polar surface area (TPSA) is 50.4 Å². The first kappa shape index (κ1) is 9.40. The molecule has 0 fully saturated rings. The minimum atomic E-state index is -0.408. The van der Waals surface area contributed by atoms with Gasteiger partial charge in [0.1, 0.15) is 6.26 Å². The summed E-state index contributed by atoms with van der Waals surface area (Å²) in [5, 5.41) is 9.06. The van der Waals surface area contributed by atoms with E-state index in [0.29, 0.717) is 12.0 Å². The van der Waals surface area contributed by atoms with Crippen molar-refractivity contribution in [1.82, 2.24) is 0 Å². The maximum atomic E-state index is 11.3. The summed E-state index contributed by atoms with van der Waals surface area (Å²) >= 11 is 0. The lowest BCUT2D eigenvalue weighted by molar-refractivity contribution is 0.423. The summed E-state index contributed by atoms with van der Waals surface area (Å²) in [7, 11) is 0. The van der Waals surface area contributed by atoms with Gasteiger partial charge >= 0.3 is 0 Å². The smallest absolute Gasteiger partial charge is 0.229 e. The second-order valence-corrected chi connectivity index (χ2v) is 2.85. The molecule has 0 radical (unpaired) electrons. The van der Waals surface area contributed by atoms with Crippen LogP contribution < -0.4 is 5.43 Å². The zero-order valence-corrected chi connectivity index (χ0v) is 7.28. The van der Waals surface area contributed by atoms with Crippen LogP contribution in [0.3, 0.4) is 0 Å². The van der Waals surface area contributed by atoms with Crippen LogP contribution in [0.15, 0.2) is 21.7 Å². The van der Waals surface area contributed by atoms with Gasteiger partial charge < -0.3 is 9.52 Å². The van der Waals surface area contributed by atoms with E-state index in [-0.39, 0.29) is 11.7 Å². The van der Waals surface area contributed by atoms with Gasteiger partial charge in [0.05, 0.1) is 6.26 Å². The molecule has 3 nitrogen and oxygen atoms in total. The summed E-state index contributed by atoms with van der Waals surface area (Å²) in [6.07, 6.45) is 7.89. The number of hydrogen-bond acceptors (Lipinski definition) is 3. The second-order valence-electron chi connectivity index (χ2n) is 2.85. The maximum absolute atomic E-state index is 11.3. The largest absolute Gasteiger partial charge is 0.502 e. The molecule has 1 atom stereocenters. The van der Waals surface area contributed by atoms with Crippen molar-refractivity contribution in [2.45, 2.75) is 19.3 Å². The summed E-state index contributed by atoms with van der Waals surface area (Å²) in [5.41, 5.74) is 0.00644. The van der Waals surface area contributed by atoms with Crippen LogP contribution in [-0.2, 0) is 0 Å². The van der Waals surface area contributed by atoms with E-state index in [1.165, 1.54) is 6.26 Å². The van der Waals surface area contributed by atoms with Crippen molar-refractivity contribution in [3.05, 3.63) is 28.3 Å². The maximum Gasteiger partial charge on any atom is 0.229 e. The molecule has 0 aliphatic heterocycles. The third kappa shape index (κ3) is 1.91. The third-order valence-corrected chi connectivity index (χ3v) is 1.82. The normalized spacial score (nSPS) is 12.0. The average molecular weight is 178 g/mol. The molecule has 0 amide bonds.